The average Bonchev–Trinajstić information content (AvgIpc) is 2.36. The summed E-state index contributed by atoms with van der Waals surface area (Å²) in [5, 5.41) is 3.78. The molecule has 5 heteroatoms. The van der Waals surface area contributed by atoms with E-state index in [1.165, 1.54) is 5.56 Å². The molecule has 2 aromatic rings. The van der Waals surface area contributed by atoms with E-state index in [-0.39, 0.29) is 0 Å². The fourth-order valence-electron chi connectivity index (χ4n) is 1.62. The van der Waals surface area contributed by atoms with Gasteiger partial charge < -0.3 is 10.1 Å². The first-order valence-electron chi connectivity index (χ1n) is 5.66. The van der Waals surface area contributed by atoms with Gasteiger partial charge in [-0.05, 0) is 74.8 Å². The first kappa shape index (κ1) is 14.9. The standard InChI is InChI=1S/C14H12Br2ClNO/c1-18-8-9-2-4-13(11(15)6-9)19-14-5-3-10(17)7-12(14)16/h2-7,18H,8H2,1H3. The first-order chi connectivity index (χ1) is 9.10. The molecule has 0 spiro atoms. The van der Waals surface area contributed by atoms with Crippen LogP contribution >= 0.6 is 43.5 Å². The molecule has 0 unspecified atom stereocenters. The summed E-state index contributed by atoms with van der Waals surface area (Å²) in [5.74, 6) is 1.49. The van der Waals surface area contributed by atoms with Crippen LogP contribution in [0.4, 0.5) is 0 Å². The zero-order chi connectivity index (χ0) is 13.8. The highest BCUT2D eigenvalue weighted by Gasteiger charge is 2.07. The summed E-state index contributed by atoms with van der Waals surface area (Å²) in [5.41, 5.74) is 1.19. The maximum atomic E-state index is 5.90. The molecule has 0 heterocycles. The Labute approximate surface area is 134 Å². The predicted octanol–water partition coefficient (Wildman–Crippen LogP) is 5.38. The molecule has 2 rings (SSSR count). The van der Waals surface area contributed by atoms with E-state index in [9.17, 15) is 0 Å². The third kappa shape index (κ3) is 3.96. The summed E-state index contributed by atoms with van der Waals surface area (Å²) in [6.07, 6.45) is 0. The Morgan fingerprint density at radius 2 is 1.68 bits per heavy atom. The van der Waals surface area contributed by atoms with Crippen LogP contribution in [-0.2, 0) is 6.54 Å². The van der Waals surface area contributed by atoms with Gasteiger partial charge in [0.25, 0.3) is 0 Å². The van der Waals surface area contributed by atoms with Crippen LogP contribution < -0.4 is 10.1 Å². The minimum Gasteiger partial charge on any atom is -0.455 e. The van der Waals surface area contributed by atoms with Gasteiger partial charge in [-0.25, -0.2) is 0 Å². The highest BCUT2D eigenvalue weighted by Crippen LogP contribution is 2.35. The van der Waals surface area contributed by atoms with Gasteiger partial charge in [0.2, 0.25) is 0 Å². The Morgan fingerprint density at radius 3 is 2.26 bits per heavy atom. The van der Waals surface area contributed by atoms with Gasteiger partial charge in [-0.3, -0.25) is 0 Å². The van der Waals surface area contributed by atoms with Crippen LogP contribution in [0.1, 0.15) is 5.56 Å². The molecule has 0 atom stereocenters. The minimum absolute atomic E-state index is 0.669. The summed E-state index contributed by atoms with van der Waals surface area (Å²) in [7, 11) is 1.92. The van der Waals surface area contributed by atoms with Crippen molar-refractivity contribution in [1.29, 1.82) is 0 Å². The molecule has 0 aliphatic rings. The van der Waals surface area contributed by atoms with Crippen LogP contribution in [0.25, 0.3) is 0 Å². The van der Waals surface area contributed by atoms with E-state index in [0.29, 0.717) is 5.02 Å². The molecule has 1 N–H and O–H groups in total. The van der Waals surface area contributed by atoms with Crippen molar-refractivity contribution in [3.63, 3.8) is 0 Å². The maximum absolute atomic E-state index is 5.90. The highest BCUT2D eigenvalue weighted by molar-refractivity contribution is 9.11. The highest BCUT2D eigenvalue weighted by atomic mass is 79.9. The van der Waals surface area contributed by atoms with Gasteiger partial charge in [-0.2, -0.15) is 0 Å². The van der Waals surface area contributed by atoms with Gasteiger partial charge >= 0.3 is 0 Å². The molecule has 0 bridgehead atoms. The van der Waals surface area contributed by atoms with Crippen molar-refractivity contribution < 1.29 is 4.74 Å². The molecule has 0 saturated heterocycles. The zero-order valence-electron chi connectivity index (χ0n) is 10.2. The van der Waals surface area contributed by atoms with E-state index < -0.39 is 0 Å². The van der Waals surface area contributed by atoms with Gasteiger partial charge in [-0.1, -0.05) is 17.7 Å². The number of hydrogen-bond donors (Lipinski definition) is 1. The van der Waals surface area contributed by atoms with E-state index in [0.717, 1.165) is 27.0 Å². The first-order valence-corrected chi connectivity index (χ1v) is 7.62. The maximum Gasteiger partial charge on any atom is 0.141 e. The second-order valence-electron chi connectivity index (χ2n) is 3.97. The zero-order valence-corrected chi connectivity index (χ0v) is 14.1. The molecule has 0 aliphatic heterocycles. The largest absolute Gasteiger partial charge is 0.455 e. The van der Waals surface area contributed by atoms with Crippen LogP contribution in [0.5, 0.6) is 11.5 Å². The van der Waals surface area contributed by atoms with Crippen molar-refractivity contribution in [2.45, 2.75) is 6.54 Å². The van der Waals surface area contributed by atoms with Gasteiger partial charge in [0.1, 0.15) is 11.5 Å². The minimum atomic E-state index is 0.669. The van der Waals surface area contributed by atoms with E-state index in [2.05, 4.69) is 37.2 Å². The summed E-state index contributed by atoms with van der Waals surface area (Å²) in [4.78, 5) is 0. The van der Waals surface area contributed by atoms with Crippen LogP contribution in [0, 0.1) is 0 Å². The predicted molar refractivity (Wildman–Crippen MR) is 86.1 cm³/mol. The third-order valence-electron chi connectivity index (χ3n) is 2.49. The van der Waals surface area contributed by atoms with Gasteiger partial charge in [-0.15, -0.1) is 0 Å². The average molecular weight is 406 g/mol. The van der Waals surface area contributed by atoms with Gasteiger partial charge in [0.15, 0.2) is 0 Å². The third-order valence-corrected chi connectivity index (χ3v) is 3.97. The quantitative estimate of drug-likeness (QED) is 0.738. The van der Waals surface area contributed by atoms with E-state index >= 15 is 0 Å². The molecule has 0 amide bonds. The molecule has 0 saturated carbocycles. The molecule has 0 aromatic heterocycles. The molecule has 0 aliphatic carbocycles. The number of nitrogens with one attached hydrogen (secondary N) is 1. The SMILES string of the molecule is CNCc1ccc(Oc2ccc(Cl)cc2Br)c(Br)c1. The summed E-state index contributed by atoms with van der Waals surface area (Å²) in [6, 6.07) is 11.4. The van der Waals surface area contributed by atoms with Crippen LogP contribution in [0.15, 0.2) is 45.3 Å². The van der Waals surface area contributed by atoms with E-state index in [1.54, 1.807) is 12.1 Å². The Bertz CT molecular complexity index is 590. The Balaban J connectivity index is 2.23. The summed E-state index contributed by atoms with van der Waals surface area (Å²) >= 11 is 12.9. The second kappa shape index (κ2) is 6.75. The number of ether oxygens (including phenoxy) is 1. The van der Waals surface area contributed by atoms with Gasteiger partial charge in [0.05, 0.1) is 8.95 Å². The smallest absolute Gasteiger partial charge is 0.141 e. The van der Waals surface area contributed by atoms with Crippen molar-refractivity contribution in [3.05, 3.63) is 55.9 Å². The lowest BCUT2D eigenvalue weighted by molar-refractivity contribution is 0.476. The lowest BCUT2D eigenvalue weighted by atomic mass is 10.2. The molecule has 100 valence electrons. The Morgan fingerprint density at radius 1 is 1.05 bits per heavy atom. The summed E-state index contributed by atoms with van der Waals surface area (Å²) in [6.45, 7) is 0.823. The molecular weight excluding hydrogens is 393 g/mol. The van der Waals surface area contributed by atoms with E-state index in [1.807, 2.05) is 31.3 Å². The lowest BCUT2D eigenvalue weighted by Gasteiger charge is -2.11. The second-order valence-corrected chi connectivity index (χ2v) is 6.12. The number of halogens is 3. The normalized spacial score (nSPS) is 10.5. The van der Waals surface area contributed by atoms with E-state index in [4.69, 9.17) is 16.3 Å². The fourth-order valence-corrected chi connectivity index (χ4v) is 2.89. The van der Waals surface area contributed by atoms with Crippen molar-refractivity contribution in [1.82, 2.24) is 5.32 Å². The molecule has 19 heavy (non-hydrogen) atoms. The van der Waals surface area contributed by atoms with Crippen LogP contribution in [0.2, 0.25) is 5.02 Å². The van der Waals surface area contributed by atoms with Crippen molar-refractivity contribution in [2.75, 3.05) is 7.05 Å². The molecule has 2 aromatic carbocycles. The number of benzene rings is 2. The van der Waals surface area contributed by atoms with Crippen molar-refractivity contribution in [2.24, 2.45) is 0 Å². The summed E-state index contributed by atoms with van der Waals surface area (Å²) < 4.78 is 7.60. The monoisotopic (exact) mass is 403 g/mol. The Hall–Kier alpha value is -0.550. The Kier molecular flexibility index (Phi) is 5.28. The number of rotatable bonds is 4. The van der Waals surface area contributed by atoms with Gasteiger partial charge in [0, 0.05) is 11.6 Å². The molecule has 2 nitrogen and oxygen atoms in total. The molecule has 0 fully saturated rings. The topological polar surface area (TPSA) is 21.3 Å². The lowest BCUT2D eigenvalue weighted by Crippen LogP contribution is -2.04. The van der Waals surface area contributed by atoms with Crippen molar-refractivity contribution in [3.8, 4) is 11.5 Å². The number of hydrogen-bond acceptors (Lipinski definition) is 2. The molecule has 0 radical (unpaired) electrons. The van der Waals surface area contributed by atoms with Crippen LogP contribution in [0.3, 0.4) is 0 Å². The van der Waals surface area contributed by atoms with Crippen molar-refractivity contribution >= 4 is 43.5 Å². The molecular formula is C14H12Br2ClNO. The van der Waals surface area contributed by atoms with Crippen LogP contribution in [-0.4, -0.2) is 7.05 Å². The fraction of sp³-hybridized carbons (Fsp3) is 0.143.